The summed E-state index contributed by atoms with van der Waals surface area (Å²) >= 11 is 1.50. The molecule has 0 aliphatic rings. The molecule has 0 saturated carbocycles. The molecule has 7 nitrogen and oxygen atoms in total. The molecule has 8 heteroatoms. The topological polar surface area (TPSA) is 85.6 Å². The molecule has 118 valence electrons. The molecule has 0 spiro atoms. The van der Waals surface area contributed by atoms with Crippen LogP contribution in [0.25, 0.3) is 5.69 Å². The van der Waals surface area contributed by atoms with Crippen LogP contribution in [0.1, 0.15) is 33.3 Å². The number of carbonyl (C=O) groups is 1. The molecule has 3 aromatic heterocycles. The molecule has 0 atom stereocenters. The summed E-state index contributed by atoms with van der Waals surface area (Å²) in [5.74, 6) is 0.612. The molecule has 0 aromatic carbocycles. The van der Waals surface area contributed by atoms with Gasteiger partial charge in [-0.2, -0.15) is 0 Å². The largest absolute Gasteiger partial charge is 0.344 e. The quantitative estimate of drug-likeness (QED) is 0.773. The molecule has 0 aliphatic carbocycles. The summed E-state index contributed by atoms with van der Waals surface area (Å²) in [5.41, 5.74) is 1.21. The number of amides is 1. The predicted molar refractivity (Wildman–Crippen MR) is 86.6 cm³/mol. The third kappa shape index (κ3) is 3.42. The molecule has 3 heterocycles. The van der Waals surface area contributed by atoms with Crippen LogP contribution in [-0.2, 0) is 13.0 Å². The number of aromatic nitrogens is 5. The van der Waals surface area contributed by atoms with E-state index >= 15 is 0 Å². The standard InChI is InChI=1S/C15H16N6OS/c1-3-13-19-20-14(23-13)9-18-15(22)12-8-11(4-5-17-12)21-7-6-16-10(21)2/h4-8H,3,9H2,1-2H3,(H,18,22). The Bertz CT molecular complexity index is 825. The number of aryl methyl sites for hydroxylation is 2. The summed E-state index contributed by atoms with van der Waals surface area (Å²) in [6, 6.07) is 3.57. The smallest absolute Gasteiger partial charge is 0.270 e. The van der Waals surface area contributed by atoms with Crippen LogP contribution in [0.2, 0.25) is 0 Å². The molecule has 23 heavy (non-hydrogen) atoms. The average molecular weight is 328 g/mol. The van der Waals surface area contributed by atoms with Gasteiger partial charge in [0.25, 0.3) is 5.91 Å². The van der Waals surface area contributed by atoms with Gasteiger partial charge >= 0.3 is 0 Å². The van der Waals surface area contributed by atoms with Crippen molar-refractivity contribution in [1.82, 2.24) is 30.0 Å². The van der Waals surface area contributed by atoms with Crippen LogP contribution in [0.5, 0.6) is 0 Å². The van der Waals surface area contributed by atoms with Crippen LogP contribution in [0, 0.1) is 6.92 Å². The Balaban J connectivity index is 1.71. The van der Waals surface area contributed by atoms with Gasteiger partial charge in [0.2, 0.25) is 0 Å². The normalized spacial score (nSPS) is 10.7. The van der Waals surface area contributed by atoms with E-state index in [0.29, 0.717) is 12.2 Å². The fourth-order valence-corrected chi connectivity index (χ4v) is 2.82. The molecule has 3 aromatic rings. The van der Waals surface area contributed by atoms with E-state index in [4.69, 9.17) is 0 Å². The molecule has 0 bridgehead atoms. The maximum Gasteiger partial charge on any atom is 0.270 e. The minimum Gasteiger partial charge on any atom is -0.344 e. The van der Waals surface area contributed by atoms with Crippen molar-refractivity contribution in [2.45, 2.75) is 26.8 Å². The molecule has 0 aliphatic heterocycles. The van der Waals surface area contributed by atoms with Gasteiger partial charge in [-0.3, -0.25) is 9.78 Å². The Kier molecular flexibility index (Phi) is 4.42. The summed E-state index contributed by atoms with van der Waals surface area (Å²) < 4.78 is 1.90. The molecule has 0 fully saturated rings. The second kappa shape index (κ2) is 6.66. The van der Waals surface area contributed by atoms with E-state index in [2.05, 4.69) is 25.5 Å². The van der Waals surface area contributed by atoms with Crippen LogP contribution in [0.4, 0.5) is 0 Å². The van der Waals surface area contributed by atoms with Crippen molar-refractivity contribution in [2.75, 3.05) is 0 Å². The zero-order chi connectivity index (χ0) is 16.2. The second-order valence-corrected chi connectivity index (χ2v) is 6.02. The first kappa shape index (κ1) is 15.3. The van der Waals surface area contributed by atoms with Crippen molar-refractivity contribution in [2.24, 2.45) is 0 Å². The SMILES string of the molecule is CCc1nnc(CNC(=O)c2cc(-n3ccnc3C)ccn2)s1. The zero-order valence-corrected chi connectivity index (χ0v) is 13.7. The van der Waals surface area contributed by atoms with E-state index in [1.807, 2.05) is 30.7 Å². The minimum absolute atomic E-state index is 0.238. The van der Waals surface area contributed by atoms with E-state index in [0.717, 1.165) is 27.9 Å². The van der Waals surface area contributed by atoms with E-state index in [1.54, 1.807) is 18.5 Å². The van der Waals surface area contributed by atoms with Crippen molar-refractivity contribution in [3.8, 4) is 5.69 Å². The molecular formula is C15H16N6OS. The van der Waals surface area contributed by atoms with Crippen LogP contribution in [0.15, 0.2) is 30.7 Å². The van der Waals surface area contributed by atoms with E-state index in [-0.39, 0.29) is 5.91 Å². The molecule has 1 N–H and O–H groups in total. The van der Waals surface area contributed by atoms with Crippen molar-refractivity contribution in [3.63, 3.8) is 0 Å². The summed E-state index contributed by atoms with van der Waals surface area (Å²) in [5, 5.41) is 12.7. The van der Waals surface area contributed by atoms with Crippen LogP contribution in [-0.4, -0.2) is 30.6 Å². The van der Waals surface area contributed by atoms with Crippen molar-refractivity contribution >= 4 is 17.2 Å². The van der Waals surface area contributed by atoms with E-state index in [9.17, 15) is 4.79 Å². The first-order valence-electron chi connectivity index (χ1n) is 7.23. The van der Waals surface area contributed by atoms with Gasteiger partial charge in [-0.1, -0.05) is 18.3 Å². The molecule has 0 unspecified atom stereocenters. The number of carbonyl (C=O) groups excluding carboxylic acids is 1. The van der Waals surface area contributed by atoms with Crippen molar-refractivity contribution < 1.29 is 4.79 Å². The van der Waals surface area contributed by atoms with Gasteiger partial charge in [0, 0.05) is 18.6 Å². The Labute approximate surface area is 137 Å². The average Bonchev–Trinajstić information content (AvgIpc) is 3.21. The van der Waals surface area contributed by atoms with Gasteiger partial charge in [-0.15, -0.1) is 10.2 Å². The monoisotopic (exact) mass is 328 g/mol. The van der Waals surface area contributed by atoms with Crippen LogP contribution in [0.3, 0.4) is 0 Å². The highest BCUT2D eigenvalue weighted by Crippen LogP contribution is 2.12. The van der Waals surface area contributed by atoms with Gasteiger partial charge in [0.15, 0.2) is 0 Å². The zero-order valence-electron chi connectivity index (χ0n) is 12.9. The molecule has 1 amide bonds. The van der Waals surface area contributed by atoms with Gasteiger partial charge in [0.1, 0.15) is 21.5 Å². The highest BCUT2D eigenvalue weighted by Gasteiger charge is 2.11. The predicted octanol–water partition coefficient (Wildman–Crippen LogP) is 1.92. The lowest BCUT2D eigenvalue weighted by molar-refractivity contribution is 0.0946. The highest BCUT2D eigenvalue weighted by molar-refractivity contribution is 7.11. The maximum atomic E-state index is 12.3. The van der Waals surface area contributed by atoms with Gasteiger partial charge in [0.05, 0.1) is 12.2 Å². The van der Waals surface area contributed by atoms with Crippen molar-refractivity contribution in [1.29, 1.82) is 0 Å². The lowest BCUT2D eigenvalue weighted by atomic mass is 10.3. The van der Waals surface area contributed by atoms with Crippen LogP contribution < -0.4 is 5.32 Å². The molecule has 3 rings (SSSR count). The fraction of sp³-hybridized carbons (Fsp3) is 0.267. The number of hydrogen-bond donors (Lipinski definition) is 1. The lowest BCUT2D eigenvalue weighted by Crippen LogP contribution is -2.24. The number of imidazole rings is 1. The lowest BCUT2D eigenvalue weighted by Gasteiger charge is -2.07. The maximum absolute atomic E-state index is 12.3. The van der Waals surface area contributed by atoms with Gasteiger partial charge < -0.3 is 9.88 Å². The molecule has 0 radical (unpaired) electrons. The minimum atomic E-state index is -0.238. The summed E-state index contributed by atoms with van der Waals surface area (Å²) in [6.45, 7) is 4.28. The number of pyridine rings is 1. The second-order valence-electron chi connectivity index (χ2n) is 4.87. The summed E-state index contributed by atoms with van der Waals surface area (Å²) in [7, 11) is 0. The van der Waals surface area contributed by atoms with Gasteiger partial charge in [-0.05, 0) is 25.5 Å². The number of nitrogens with one attached hydrogen (secondary N) is 1. The number of rotatable bonds is 5. The first-order valence-corrected chi connectivity index (χ1v) is 8.05. The molecular weight excluding hydrogens is 312 g/mol. The Morgan fingerprint density at radius 1 is 1.26 bits per heavy atom. The Morgan fingerprint density at radius 2 is 2.09 bits per heavy atom. The highest BCUT2D eigenvalue weighted by atomic mass is 32.1. The first-order chi connectivity index (χ1) is 11.2. The molecule has 0 saturated heterocycles. The summed E-state index contributed by atoms with van der Waals surface area (Å²) in [4.78, 5) is 20.6. The van der Waals surface area contributed by atoms with E-state index in [1.165, 1.54) is 11.3 Å². The number of nitrogens with zero attached hydrogens (tertiary/aromatic N) is 5. The summed E-state index contributed by atoms with van der Waals surface area (Å²) in [6.07, 6.45) is 6.03. The Hall–Kier alpha value is -2.61. The fourth-order valence-electron chi connectivity index (χ4n) is 2.09. The van der Waals surface area contributed by atoms with Gasteiger partial charge in [-0.25, -0.2) is 4.98 Å². The van der Waals surface area contributed by atoms with Crippen molar-refractivity contribution in [3.05, 3.63) is 52.3 Å². The van der Waals surface area contributed by atoms with E-state index < -0.39 is 0 Å². The number of hydrogen-bond acceptors (Lipinski definition) is 6. The Morgan fingerprint density at radius 3 is 2.78 bits per heavy atom. The third-order valence-electron chi connectivity index (χ3n) is 3.29. The third-order valence-corrected chi connectivity index (χ3v) is 4.36. The van der Waals surface area contributed by atoms with Crippen LogP contribution >= 0.6 is 11.3 Å².